The molecule has 118 valence electrons. The van der Waals surface area contributed by atoms with Crippen molar-refractivity contribution in [1.82, 2.24) is 14.6 Å². The molecule has 1 saturated heterocycles. The van der Waals surface area contributed by atoms with Crippen molar-refractivity contribution >= 4 is 17.6 Å². The van der Waals surface area contributed by atoms with Gasteiger partial charge in [-0.2, -0.15) is 0 Å². The third kappa shape index (κ3) is 4.56. The molecule has 1 aromatic heterocycles. The van der Waals surface area contributed by atoms with E-state index in [1.54, 1.807) is 6.20 Å². The Morgan fingerprint density at radius 2 is 2.38 bits per heavy atom. The quantitative estimate of drug-likeness (QED) is 0.757. The number of hydrogen-bond acceptors (Lipinski definition) is 5. The van der Waals surface area contributed by atoms with Gasteiger partial charge in [-0.1, -0.05) is 18.9 Å². The lowest BCUT2D eigenvalue weighted by molar-refractivity contribution is 0.277. The molecule has 4 nitrogen and oxygen atoms in total. The maximum atomic E-state index is 14.0. The van der Waals surface area contributed by atoms with Crippen LogP contribution in [0.25, 0.3) is 0 Å². The Morgan fingerprint density at radius 1 is 1.52 bits per heavy atom. The Hall–Kier alpha value is -0.850. The van der Waals surface area contributed by atoms with E-state index in [1.165, 1.54) is 12.6 Å². The molecule has 1 aromatic rings. The third-order valence-corrected chi connectivity index (χ3v) is 5.16. The van der Waals surface area contributed by atoms with Gasteiger partial charge < -0.3 is 10.6 Å². The van der Waals surface area contributed by atoms with Crippen molar-refractivity contribution in [3.63, 3.8) is 0 Å². The predicted octanol–water partition coefficient (Wildman–Crippen LogP) is 2.53. The first-order valence-corrected chi connectivity index (χ1v) is 8.61. The molecule has 1 aliphatic heterocycles. The van der Waals surface area contributed by atoms with Gasteiger partial charge in [-0.25, -0.2) is 8.70 Å². The number of pyridine rings is 1. The molecule has 2 rings (SSSR count). The van der Waals surface area contributed by atoms with E-state index in [1.807, 2.05) is 19.0 Å². The van der Waals surface area contributed by atoms with E-state index < -0.39 is 0 Å². The predicted molar refractivity (Wildman–Crippen MR) is 88.2 cm³/mol. The van der Waals surface area contributed by atoms with Gasteiger partial charge in [0, 0.05) is 44.0 Å². The van der Waals surface area contributed by atoms with E-state index in [2.05, 4.69) is 26.8 Å². The Bertz CT molecular complexity index is 444. The maximum Gasteiger partial charge on any atom is 0.146 e. The number of halogens is 1. The van der Waals surface area contributed by atoms with Gasteiger partial charge in [0.25, 0.3) is 0 Å². The van der Waals surface area contributed by atoms with Crippen LogP contribution in [0.1, 0.15) is 25.3 Å². The minimum Gasteiger partial charge on any atom is -0.387 e. The molecule has 0 aliphatic carbocycles. The zero-order chi connectivity index (χ0) is 15.1. The minimum atomic E-state index is -0.210. The van der Waals surface area contributed by atoms with E-state index in [0.717, 1.165) is 49.5 Å². The van der Waals surface area contributed by atoms with Crippen LogP contribution in [0.15, 0.2) is 12.4 Å². The number of nitrogens with one attached hydrogen (secondary N) is 2. The maximum absolute atomic E-state index is 14.0. The molecule has 0 radical (unpaired) electrons. The highest BCUT2D eigenvalue weighted by Crippen LogP contribution is 2.24. The normalized spacial score (nSPS) is 19.7. The molecule has 0 spiro atoms. The van der Waals surface area contributed by atoms with Crippen molar-refractivity contribution in [2.45, 2.75) is 32.2 Å². The van der Waals surface area contributed by atoms with Crippen LogP contribution >= 0.6 is 11.9 Å². The fourth-order valence-corrected chi connectivity index (χ4v) is 3.64. The Morgan fingerprint density at radius 3 is 3.14 bits per heavy atom. The number of piperazine rings is 1. The summed E-state index contributed by atoms with van der Waals surface area (Å²) in [5.74, 6) is 0.945. The first-order valence-electron chi connectivity index (χ1n) is 7.66. The van der Waals surface area contributed by atoms with Crippen LogP contribution in [0.5, 0.6) is 0 Å². The number of aromatic nitrogens is 1. The minimum absolute atomic E-state index is 0.210. The number of rotatable bonds is 7. The summed E-state index contributed by atoms with van der Waals surface area (Å²) in [6.07, 6.45) is 5.88. The monoisotopic (exact) mass is 312 g/mol. The summed E-state index contributed by atoms with van der Waals surface area (Å²) in [5.41, 5.74) is 1.55. The zero-order valence-corrected chi connectivity index (χ0v) is 13.7. The van der Waals surface area contributed by atoms with E-state index >= 15 is 0 Å². The SMILES string of the molecule is CCCSN1CCNCC1CCc1c(F)cncc1NC. The lowest BCUT2D eigenvalue weighted by Gasteiger charge is -2.35. The molecule has 0 bridgehead atoms. The van der Waals surface area contributed by atoms with E-state index in [0.29, 0.717) is 6.04 Å². The Balaban J connectivity index is 1.97. The lowest BCUT2D eigenvalue weighted by atomic mass is 10.0. The topological polar surface area (TPSA) is 40.2 Å². The number of anilines is 1. The van der Waals surface area contributed by atoms with Gasteiger partial charge in [-0.3, -0.25) is 4.98 Å². The van der Waals surface area contributed by atoms with Crippen molar-refractivity contribution in [1.29, 1.82) is 0 Å². The van der Waals surface area contributed by atoms with Crippen LogP contribution in [0.2, 0.25) is 0 Å². The van der Waals surface area contributed by atoms with Gasteiger partial charge in [0.15, 0.2) is 0 Å². The largest absolute Gasteiger partial charge is 0.387 e. The highest BCUT2D eigenvalue weighted by molar-refractivity contribution is 7.97. The first kappa shape index (κ1) is 16.5. The van der Waals surface area contributed by atoms with Gasteiger partial charge in [0.05, 0.1) is 18.1 Å². The summed E-state index contributed by atoms with van der Waals surface area (Å²) in [4.78, 5) is 3.90. The Labute approximate surface area is 131 Å². The van der Waals surface area contributed by atoms with Crippen molar-refractivity contribution in [3.05, 3.63) is 23.8 Å². The average molecular weight is 312 g/mol. The van der Waals surface area contributed by atoms with Crippen LogP contribution in [0.3, 0.4) is 0 Å². The summed E-state index contributed by atoms with van der Waals surface area (Å²) in [7, 11) is 1.81. The van der Waals surface area contributed by atoms with E-state index in [4.69, 9.17) is 0 Å². The molecule has 2 N–H and O–H groups in total. The fraction of sp³-hybridized carbons (Fsp3) is 0.667. The molecule has 1 aliphatic rings. The van der Waals surface area contributed by atoms with Crippen LogP contribution in [0.4, 0.5) is 10.1 Å². The summed E-state index contributed by atoms with van der Waals surface area (Å²) >= 11 is 1.93. The van der Waals surface area contributed by atoms with Crippen LogP contribution in [-0.2, 0) is 6.42 Å². The lowest BCUT2D eigenvalue weighted by Crippen LogP contribution is -2.48. The van der Waals surface area contributed by atoms with Gasteiger partial charge >= 0.3 is 0 Å². The van der Waals surface area contributed by atoms with Crippen molar-refractivity contribution < 1.29 is 4.39 Å². The highest BCUT2D eigenvalue weighted by atomic mass is 32.2. The molecule has 1 unspecified atom stereocenters. The van der Waals surface area contributed by atoms with Crippen molar-refractivity contribution in [3.8, 4) is 0 Å². The summed E-state index contributed by atoms with van der Waals surface area (Å²) in [6.45, 7) is 5.29. The standard InChI is InChI=1S/C15H25FN4S/c1-3-8-21-20-7-6-18-9-12(20)4-5-13-14(16)10-19-11-15(13)17-2/h10-12,17-18H,3-9H2,1-2H3. The van der Waals surface area contributed by atoms with Crippen LogP contribution in [0, 0.1) is 5.82 Å². The second-order valence-corrected chi connectivity index (χ2v) is 6.40. The number of hydrogen-bond donors (Lipinski definition) is 2. The van der Waals surface area contributed by atoms with Crippen LogP contribution in [-0.4, -0.2) is 47.8 Å². The number of nitrogens with zero attached hydrogens (tertiary/aromatic N) is 2. The zero-order valence-electron chi connectivity index (χ0n) is 12.9. The summed E-state index contributed by atoms with van der Waals surface area (Å²) in [6, 6.07) is 0.465. The van der Waals surface area contributed by atoms with Gasteiger partial charge in [-0.15, -0.1) is 0 Å². The van der Waals surface area contributed by atoms with Gasteiger partial charge in [-0.05, 0) is 19.3 Å². The van der Waals surface area contributed by atoms with Crippen molar-refractivity contribution in [2.24, 2.45) is 0 Å². The molecule has 2 heterocycles. The Kier molecular flexibility index (Phi) is 6.73. The highest BCUT2D eigenvalue weighted by Gasteiger charge is 2.23. The fourth-order valence-electron chi connectivity index (χ4n) is 2.61. The van der Waals surface area contributed by atoms with Gasteiger partial charge in [0.2, 0.25) is 0 Å². The molecular formula is C15H25FN4S. The van der Waals surface area contributed by atoms with Gasteiger partial charge in [0.1, 0.15) is 5.82 Å². The molecule has 6 heteroatoms. The molecule has 1 fully saturated rings. The second-order valence-electron chi connectivity index (χ2n) is 5.27. The van der Waals surface area contributed by atoms with Crippen LogP contribution < -0.4 is 10.6 Å². The van der Waals surface area contributed by atoms with E-state index in [9.17, 15) is 4.39 Å². The first-order chi connectivity index (χ1) is 10.3. The molecule has 0 amide bonds. The average Bonchev–Trinajstić information content (AvgIpc) is 2.52. The molecule has 0 saturated carbocycles. The summed E-state index contributed by atoms with van der Waals surface area (Å²) in [5, 5.41) is 6.48. The third-order valence-electron chi connectivity index (χ3n) is 3.76. The van der Waals surface area contributed by atoms with E-state index in [-0.39, 0.29) is 5.82 Å². The second kappa shape index (κ2) is 8.56. The molecular weight excluding hydrogens is 287 g/mol. The molecule has 1 atom stereocenters. The smallest absolute Gasteiger partial charge is 0.146 e. The summed E-state index contributed by atoms with van der Waals surface area (Å²) < 4.78 is 16.4. The van der Waals surface area contributed by atoms with Crippen molar-refractivity contribution in [2.75, 3.05) is 37.8 Å². The molecule has 0 aromatic carbocycles. The molecule has 21 heavy (non-hydrogen) atoms.